The molecule has 0 saturated heterocycles. The first-order valence-electron chi connectivity index (χ1n) is 5.43. The van der Waals surface area contributed by atoms with Crippen LogP contribution >= 0.6 is 0 Å². The summed E-state index contributed by atoms with van der Waals surface area (Å²) < 4.78 is 4.50. The summed E-state index contributed by atoms with van der Waals surface area (Å²) in [5.74, 6) is -0.362. The van der Waals surface area contributed by atoms with E-state index in [0.717, 1.165) is 17.7 Å². The molecule has 0 amide bonds. The van der Waals surface area contributed by atoms with Gasteiger partial charge in [-0.05, 0) is 17.2 Å². The Morgan fingerprint density at radius 3 is 2.71 bits per heavy atom. The van der Waals surface area contributed by atoms with Crippen LogP contribution in [0.4, 0.5) is 0 Å². The average molecular weight is 235 g/mol. The van der Waals surface area contributed by atoms with Crippen LogP contribution in [0.2, 0.25) is 0 Å². The van der Waals surface area contributed by atoms with Gasteiger partial charge in [-0.15, -0.1) is 0 Å². The molecule has 0 heterocycles. The zero-order chi connectivity index (χ0) is 12.5. The fraction of sp³-hybridized carbons (Fsp3) is 0.308. The fourth-order valence-electron chi connectivity index (χ4n) is 1.29. The van der Waals surface area contributed by atoms with Gasteiger partial charge in [0.25, 0.3) is 0 Å². The molecule has 17 heavy (non-hydrogen) atoms. The highest BCUT2D eigenvalue weighted by atomic mass is 16.5. The van der Waals surface area contributed by atoms with Crippen molar-refractivity contribution in [2.24, 2.45) is 0 Å². The molecule has 2 N–H and O–H groups in total. The number of aliphatic hydroxyl groups excluding tert-OH is 1. The van der Waals surface area contributed by atoms with Gasteiger partial charge in [0.1, 0.15) is 0 Å². The Balaban J connectivity index is 2.50. The van der Waals surface area contributed by atoms with Gasteiger partial charge >= 0.3 is 5.97 Å². The molecule has 0 radical (unpaired) electrons. The van der Waals surface area contributed by atoms with E-state index in [1.165, 1.54) is 13.2 Å². The second-order valence-electron chi connectivity index (χ2n) is 3.50. The maximum atomic E-state index is 10.9. The smallest absolute Gasteiger partial charge is 0.330 e. The van der Waals surface area contributed by atoms with Gasteiger partial charge in [-0.3, -0.25) is 0 Å². The van der Waals surface area contributed by atoms with Gasteiger partial charge in [0.2, 0.25) is 0 Å². The number of hydrogen-bond donors (Lipinski definition) is 2. The number of carbonyl (C=O) groups is 1. The van der Waals surface area contributed by atoms with Crippen molar-refractivity contribution in [2.75, 3.05) is 20.3 Å². The summed E-state index contributed by atoms with van der Waals surface area (Å²) in [5.41, 5.74) is 2.08. The minimum Gasteiger partial charge on any atom is -0.466 e. The lowest BCUT2D eigenvalue weighted by Gasteiger charge is -2.03. The summed E-state index contributed by atoms with van der Waals surface area (Å²) in [5, 5.41) is 11.7. The largest absolute Gasteiger partial charge is 0.466 e. The Bertz CT molecular complexity index is 371. The molecule has 0 aliphatic carbocycles. The monoisotopic (exact) mass is 235 g/mol. The summed E-state index contributed by atoms with van der Waals surface area (Å²) in [6.45, 7) is 1.45. The number of methoxy groups -OCH3 is 1. The van der Waals surface area contributed by atoms with E-state index >= 15 is 0 Å². The molecule has 0 atom stereocenters. The van der Waals surface area contributed by atoms with Gasteiger partial charge in [0, 0.05) is 19.2 Å². The second-order valence-corrected chi connectivity index (χ2v) is 3.50. The number of rotatable bonds is 6. The van der Waals surface area contributed by atoms with Crippen molar-refractivity contribution in [3.8, 4) is 0 Å². The van der Waals surface area contributed by atoms with Crippen LogP contribution in [0.25, 0.3) is 6.08 Å². The molecular weight excluding hydrogens is 218 g/mol. The zero-order valence-corrected chi connectivity index (χ0v) is 9.85. The molecule has 1 rings (SSSR count). The standard InChI is InChI=1S/C13H17NO3/c1-17-13(16)7-6-11-2-4-12(5-3-11)10-14-8-9-15/h2-7,14-15H,8-10H2,1H3/b7-6+. The highest BCUT2D eigenvalue weighted by Crippen LogP contribution is 2.06. The normalized spacial score (nSPS) is 10.7. The Morgan fingerprint density at radius 1 is 1.41 bits per heavy atom. The second kappa shape index (κ2) is 7.60. The number of nitrogens with one attached hydrogen (secondary N) is 1. The molecule has 0 saturated carbocycles. The summed E-state index contributed by atoms with van der Waals surface area (Å²) >= 11 is 0. The molecule has 0 bridgehead atoms. The molecule has 0 aliphatic rings. The lowest BCUT2D eigenvalue weighted by molar-refractivity contribution is -0.134. The van der Waals surface area contributed by atoms with Gasteiger partial charge in [0.05, 0.1) is 13.7 Å². The van der Waals surface area contributed by atoms with E-state index in [2.05, 4.69) is 10.1 Å². The third-order valence-electron chi connectivity index (χ3n) is 2.21. The quantitative estimate of drug-likeness (QED) is 0.438. The number of carbonyl (C=O) groups excluding carboxylic acids is 1. The lowest BCUT2D eigenvalue weighted by Crippen LogP contribution is -2.17. The lowest BCUT2D eigenvalue weighted by atomic mass is 10.1. The first-order chi connectivity index (χ1) is 8.26. The summed E-state index contributed by atoms with van der Waals surface area (Å²) in [4.78, 5) is 10.9. The van der Waals surface area contributed by atoms with Gasteiger partial charge in [-0.1, -0.05) is 24.3 Å². The van der Waals surface area contributed by atoms with Crippen LogP contribution in [0.15, 0.2) is 30.3 Å². The van der Waals surface area contributed by atoms with Crippen molar-refractivity contribution >= 4 is 12.0 Å². The Kier molecular flexibility index (Phi) is 5.99. The number of esters is 1. The van der Waals surface area contributed by atoms with E-state index in [4.69, 9.17) is 5.11 Å². The number of ether oxygens (including phenoxy) is 1. The van der Waals surface area contributed by atoms with Crippen LogP contribution in [0.3, 0.4) is 0 Å². The van der Waals surface area contributed by atoms with Gasteiger partial charge in [-0.25, -0.2) is 4.79 Å². The van der Waals surface area contributed by atoms with Crippen molar-refractivity contribution in [2.45, 2.75) is 6.54 Å². The minimum absolute atomic E-state index is 0.139. The predicted octanol–water partition coefficient (Wildman–Crippen LogP) is 0.955. The average Bonchev–Trinajstić information content (AvgIpc) is 2.37. The van der Waals surface area contributed by atoms with Crippen LogP contribution in [0, 0.1) is 0 Å². The van der Waals surface area contributed by atoms with Crippen LogP contribution in [0.5, 0.6) is 0 Å². The molecular formula is C13H17NO3. The maximum Gasteiger partial charge on any atom is 0.330 e. The van der Waals surface area contributed by atoms with Gasteiger partial charge in [-0.2, -0.15) is 0 Å². The van der Waals surface area contributed by atoms with Crippen molar-refractivity contribution in [3.63, 3.8) is 0 Å². The SMILES string of the molecule is COC(=O)/C=C/c1ccc(CNCCO)cc1. The minimum atomic E-state index is -0.362. The molecule has 1 aromatic rings. The highest BCUT2D eigenvalue weighted by molar-refractivity contribution is 5.86. The van der Waals surface area contributed by atoms with Crippen molar-refractivity contribution in [1.29, 1.82) is 0 Å². The fourth-order valence-corrected chi connectivity index (χ4v) is 1.29. The molecule has 92 valence electrons. The van der Waals surface area contributed by atoms with Crippen LogP contribution in [-0.2, 0) is 16.1 Å². The zero-order valence-electron chi connectivity index (χ0n) is 9.85. The maximum absolute atomic E-state index is 10.9. The van der Waals surface area contributed by atoms with Gasteiger partial charge in [0.15, 0.2) is 0 Å². The van der Waals surface area contributed by atoms with E-state index in [0.29, 0.717) is 6.54 Å². The third kappa shape index (κ3) is 5.29. The first kappa shape index (κ1) is 13.4. The van der Waals surface area contributed by atoms with Crippen LogP contribution in [0.1, 0.15) is 11.1 Å². The summed E-state index contributed by atoms with van der Waals surface area (Å²) in [7, 11) is 1.35. The number of hydrogen-bond acceptors (Lipinski definition) is 4. The van der Waals surface area contributed by atoms with Crippen molar-refractivity contribution < 1.29 is 14.6 Å². The molecule has 4 heteroatoms. The Labute approximate surface area is 101 Å². The summed E-state index contributed by atoms with van der Waals surface area (Å²) in [6, 6.07) is 7.80. The number of aliphatic hydroxyl groups is 1. The Morgan fingerprint density at radius 2 is 2.12 bits per heavy atom. The molecule has 0 spiro atoms. The first-order valence-corrected chi connectivity index (χ1v) is 5.43. The van der Waals surface area contributed by atoms with Crippen molar-refractivity contribution in [3.05, 3.63) is 41.5 Å². The van der Waals surface area contributed by atoms with Crippen LogP contribution in [-0.4, -0.2) is 31.3 Å². The number of benzene rings is 1. The molecule has 0 aliphatic heterocycles. The van der Waals surface area contributed by atoms with Crippen molar-refractivity contribution in [1.82, 2.24) is 5.32 Å². The topological polar surface area (TPSA) is 58.6 Å². The van der Waals surface area contributed by atoms with Crippen LogP contribution < -0.4 is 5.32 Å². The highest BCUT2D eigenvalue weighted by Gasteiger charge is 1.94. The third-order valence-corrected chi connectivity index (χ3v) is 2.21. The molecule has 0 fully saturated rings. The molecule has 0 unspecified atom stereocenters. The summed E-state index contributed by atoms with van der Waals surface area (Å²) in [6.07, 6.45) is 3.09. The van der Waals surface area contributed by atoms with E-state index < -0.39 is 0 Å². The molecule has 0 aromatic heterocycles. The predicted molar refractivity (Wildman–Crippen MR) is 66.3 cm³/mol. The van der Waals surface area contributed by atoms with Gasteiger partial charge < -0.3 is 15.2 Å². The van der Waals surface area contributed by atoms with E-state index in [9.17, 15) is 4.79 Å². The van der Waals surface area contributed by atoms with E-state index in [1.54, 1.807) is 6.08 Å². The molecule has 1 aromatic carbocycles. The van der Waals surface area contributed by atoms with E-state index in [-0.39, 0.29) is 12.6 Å². The van der Waals surface area contributed by atoms with E-state index in [1.807, 2.05) is 24.3 Å². The molecule has 4 nitrogen and oxygen atoms in total. The Hall–Kier alpha value is -1.65.